The fourth-order valence-electron chi connectivity index (χ4n) is 3.58. The average molecular weight is 373 g/mol. The van der Waals surface area contributed by atoms with E-state index < -0.39 is 5.60 Å². The van der Waals surface area contributed by atoms with Crippen molar-refractivity contribution in [1.82, 2.24) is 4.57 Å². The molecule has 4 heteroatoms. The van der Waals surface area contributed by atoms with Gasteiger partial charge in [-0.3, -0.25) is 4.79 Å². The van der Waals surface area contributed by atoms with E-state index in [0.29, 0.717) is 17.1 Å². The second kappa shape index (κ2) is 6.71. The quantitative estimate of drug-likeness (QED) is 0.462. The van der Waals surface area contributed by atoms with Crippen LogP contribution in [0.5, 0.6) is 11.5 Å². The highest BCUT2D eigenvalue weighted by Crippen LogP contribution is 2.40. The third-order valence-corrected chi connectivity index (χ3v) is 5.00. The van der Waals surface area contributed by atoms with Crippen molar-refractivity contribution in [3.63, 3.8) is 0 Å². The van der Waals surface area contributed by atoms with E-state index in [0.717, 1.165) is 22.0 Å². The lowest BCUT2D eigenvalue weighted by atomic mass is 9.97. The zero-order valence-electron chi connectivity index (χ0n) is 16.5. The molecule has 0 aliphatic carbocycles. The van der Waals surface area contributed by atoms with Crippen LogP contribution in [-0.2, 0) is 7.05 Å². The van der Waals surface area contributed by atoms with E-state index in [9.17, 15) is 4.79 Å². The van der Waals surface area contributed by atoms with Crippen LogP contribution in [0, 0.1) is 0 Å². The molecule has 0 atom stereocenters. The zero-order chi connectivity index (χ0) is 19.9. The summed E-state index contributed by atoms with van der Waals surface area (Å²) >= 11 is 0. The minimum atomic E-state index is -0.479. The number of aromatic nitrogens is 1. The van der Waals surface area contributed by atoms with Crippen molar-refractivity contribution in [3.05, 3.63) is 71.4 Å². The molecule has 2 aromatic carbocycles. The second-order valence-electron chi connectivity index (χ2n) is 7.51. The van der Waals surface area contributed by atoms with Gasteiger partial charge in [0.05, 0.1) is 23.8 Å². The van der Waals surface area contributed by atoms with Crippen LogP contribution in [0.1, 0.15) is 35.3 Å². The first-order valence-electron chi connectivity index (χ1n) is 9.25. The Morgan fingerprint density at radius 1 is 1.18 bits per heavy atom. The Balaban J connectivity index is 1.74. The molecule has 1 aliphatic rings. The van der Waals surface area contributed by atoms with Gasteiger partial charge >= 0.3 is 0 Å². The highest BCUT2D eigenvalue weighted by atomic mass is 16.5. The molecule has 2 heterocycles. The van der Waals surface area contributed by atoms with Crippen LogP contribution in [0.3, 0.4) is 0 Å². The minimum Gasteiger partial charge on any atom is -0.496 e. The molecule has 0 unspecified atom stereocenters. The molecular formula is C24H23NO3. The van der Waals surface area contributed by atoms with Crippen LogP contribution in [0.25, 0.3) is 23.1 Å². The summed E-state index contributed by atoms with van der Waals surface area (Å²) in [4.78, 5) is 13.0. The van der Waals surface area contributed by atoms with Gasteiger partial charge in [-0.05, 0) is 61.9 Å². The first kappa shape index (κ1) is 18.1. The number of fused-ring (bicyclic) bond motifs is 2. The Bertz CT molecular complexity index is 1130. The number of methoxy groups -OCH3 is 1. The number of ketones is 1. The number of para-hydroxylation sites is 1. The van der Waals surface area contributed by atoms with Crippen molar-refractivity contribution < 1.29 is 14.3 Å². The smallest absolute Gasteiger partial charge is 0.189 e. The van der Waals surface area contributed by atoms with E-state index in [1.165, 1.54) is 0 Å². The molecule has 0 N–H and O–H groups in total. The van der Waals surface area contributed by atoms with Crippen molar-refractivity contribution in [2.45, 2.75) is 19.4 Å². The Kier molecular flexibility index (Phi) is 4.34. The van der Waals surface area contributed by atoms with E-state index in [2.05, 4.69) is 16.7 Å². The standard InChI is InChI=1S/C24H23NO3/c1-24(2)14-12-19-21(27-4)11-9-18(23(19)28-24)20(26)10-8-16-6-5-7-17-13-15-25(3)22(16)17/h5-15H,1-4H3/b10-8+. The highest BCUT2D eigenvalue weighted by molar-refractivity contribution is 6.10. The number of hydrogen-bond acceptors (Lipinski definition) is 3. The lowest BCUT2D eigenvalue weighted by Crippen LogP contribution is -2.28. The van der Waals surface area contributed by atoms with E-state index >= 15 is 0 Å². The molecule has 4 rings (SSSR count). The number of rotatable bonds is 4. The van der Waals surface area contributed by atoms with Crippen molar-refractivity contribution in [2.24, 2.45) is 7.05 Å². The van der Waals surface area contributed by atoms with Gasteiger partial charge in [-0.2, -0.15) is 0 Å². The molecule has 1 aromatic heterocycles. The van der Waals surface area contributed by atoms with Gasteiger partial charge in [0.15, 0.2) is 5.78 Å². The minimum absolute atomic E-state index is 0.101. The molecule has 0 spiro atoms. The van der Waals surface area contributed by atoms with Gasteiger partial charge in [0.25, 0.3) is 0 Å². The van der Waals surface area contributed by atoms with Gasteiger partial charge in [0.1, 0.15) is 17.1 Å². The van der Waals surface area contributed by atoms with E-state index in [1.54, 1.807) is 19.3 Å². The number of benzene rings is 2. The molecular weight excluding hydrogens is 350 g/mol. The maximum atomic E-state index is 13.0. The Morgan fingerprint density at radius 3 is 2.79 bits per heavy atom. The fraction of sp³-hybridized carbons (Fsp3) is 0.208. The molecule has 4 nitrogen and oxygen atoms in total. The van der Waals surface area contributed by atoms with Crippen LogP contribution < -0.4 is 9.47 Å². The predicted molar refractivity (Wildman–Crippen MR) is 113 cm³/mol. The summed E-state index contributed by atoms with van der Waals surface area (Å²) < 4.78 is 13.6. The zero-order valence-corrected chi connectivity index (χ0v) is 16.5. The summed E-state index contributed by atoms with van der Waals surface area (Å²) in [6.07, 6.45) is 9.43. The molecule has 0 saturated carbocycles. The van der Waals surface area contributed by atoms with Crippen LogP contribution in [-0.4, -0.2) is 23.1 Å². The molecule has 0 fully saturated rings. The first-order valence-corrected chi connectivity index (χ1v) is 9.25. The Morgan fingerprint density at radius 2 is 2.00 bits per heavy atom. The maximum Gasteiger partial charge on any atom is 0.189 e. The predicted octanol–water partition coefficient (Wildman–Crippen LogP) is 5.27. The van der Waals surface area contributed by atoms with Gasteiger partial charge in [-0.1, -0.05) is 18.2 Å². The maximum absolute atomic E-state index is 13.0. The van der Waals surface area contributed by atoms with E-state index in [1.807, 2.05) is 63.5 Å². The van der Waals surface area contributed by atoms with Gasteiger partial charge in [-0.15, -0.1) is 0 Å². The van der Waals surface area contributed by atoms with Crippen molar-refractivity contribution in [3.8, 4) is 11.5 Å². The number of carbonyl (C=O) groups excluding carboxylic acids is 1. The molecule has 142 valence electrons. The van der Waals surface area contributed by atoms with Crippen LogP contribution in [0.15, 0.2) is 54.7 Å². The number of carbonyl (C=O) groups is 1. The molecule has 3 aromatic rings. The molecule has 28 heavy (non-hydrogen) atoms. The Labute approximate surface area is 164 Å². The van der Waals surface area contributed by atoms with E-state index in [4.69, 9.17) is 9.47 Å². The third-order valence-electron chi connectivity index (χ3n) is 5.00. The average Bonchev–Trinajstić information content (AvgIpc) is 3.06. The van der Waals surface area contributed by atoms with Gasteiger partial charge in [0, 0.05) is 18.6 Å². The number of aryl methyl sites for hydroxylation is 1. The van der Waals surface area contributed by atoms with Crippen LogP contribution in [0.2, 0.25) is 0 Å². The number of hydrogen-bond donors (Lipinski definition) is 0. The van der Waals surface area contributed by atoms with Crippen molar-refractivity contribution >= 4 is 28.8 Å². The fourth-order valence-corrected chi connectivity index (χ4v) is 3.58. The number of allylic oxidation sites excluding steroid dienone is 1. The second-order valence-corrected chi connectivity index (χ2v) is 7.51. The molecule has 0 radical (unpaired) electrons. The van der Waals surface area contributed by atoms with Crippen molar-refractivity contribution in [2.75, 3.05) is 7.11 Å². The van der Waals surface area contributed by atoms with E-state index in [-0.39, 0.29) is 5.78 Å². The summed E-state index contributed by atoms with van der Waals surface area (Å²) in [5.41, 5.74) is 2.95. The monoisotopic (exact) mass is 373 g/mol. The summed E-state index contributed by atoms with van der Waals surface area (Å²) in [6, 6.07) is 11.7. The topological polar surface area (TPSA) is 40.5 Å². The summed E-state index contributed by atoms with van der Waals surface area (Å²) in [7, 11) is 3.62. The molecule has 0 amide bonds. The molecule has 0 bridgehead atoms. The lowest BCUT2D eigenvalue weighted by Gasteiger charge is -2.29. The van der Waals surface area contributed by atoms with Gasteiger partial charge in [-0.25, -0.2) is 0 Å². The Hall–Kier alpha value is -3.27. The SMILES string of the molecule is COc1ccc(C(=O)/C=C/c2cccc3ccn(C)c23)c2c1C=CC(C)(C)O2. The highest BCUT2D eigenvalue weighted by Gasteiger charge is 2.27. The summed E-state index contributed by atoms with van der Waals surface area (Å²) in [5, 5.41) is 1.15. The molecule has 0 saturated heterocycles. The third kappa shape index (κ3) is 3.11. The number of nitrogens with zero attached hydrogens (tertiary/aromatic N) is 1. The summed E-state index contributed by atoms with van der Waals surface area (Å²) in [6.45, 7) is 3.93. The van der Waals surface area contributed by atoms with Crippen LogP contribution in [0.4, 0.5) is 0 Å². The lowest BCUT2D eigenvalue weighted by molar-refractivity contribution is 0.103. The van der Waals surface area contributed by atoms with Gasteiger partial charge < -0.3 is 14.0 Å². The van der Waals surface area contributed by atoms with Gasteiger partial charge in [0.2, 0.25) is 0 Å². The number of ether oxygens (including phenoxy) is 2. The van der Waals surface area contributed by atoms with Crippen molar-refractivity contribution in [1.29, 1.82) is 0 Å². The largest absolute Gasteiger partial charge is 0.496 e. The van der Waals surface area contributed by atoms with Crippen LogP contribution >= 0.6 is 0 Å². The molecule has 1 aliphatic heterocycles. The normalized spacial score (nSPS) is 14.9. The first-order chi connectivity index (χ1) is 13.4. The summed E-state index contributed by atoms with van der Waals surface area (Å²) in [5.74, 6) is 1.16.